The fraction of sp³-hybridized carbons (Fsp3) is 0.250. The van der Waals surface area contributed by atoms with Gasteiger partial charge in [-0.2, -0.15) is 0 Å². The molecule has 0 amide bonds. The molecule has 0 bridgehead atoms. The summed E-state index contributed by atoms with van der Waals surface area (Å²) in [6.07, 6.45) is 3.27. The van der Waals surface area contributed by atoms with Crippen molar-refractivity contribution in [3.8, 4) is 0 Å². The number of hydrogen-bond acceptors (Lipinski definition) is 0. The zero-order valence-corrected chi connectivity index (χ0v) is 10.6. The van der Waals surface area contributed by atoms with E-state index >= 15 is 0 Å². The van der Waals surface area contributed by atoms with Crippen molar-refractivity contribution in [2.75, 3.05) is 0 Å². The molecule has 1 atom stereocenters. The van der Waals surface area contributed by atoms with Gasteiger partial charge >= 0.3 is 0 Å². The molecule has 0 aliphatic rings. The van der Waals surface area contributed by atoms with Crippen molar-refractivity contribution >= 4 is 11.6 Å². The number of alkyl halides is 1. The predicted molar refractivity (Wildman–Crippen MR) is 74.4 cm³/mol. The molecule has 88 valence electrons. The Balaban J connectivity index is 1.79. The monoisotopic (exact) mass is 244 g/mol. The van der Waals surface area contributed by atoms with E-state index < -0.39 is 0 Å². The van der Waals surface area contributed by atoms with Crippen LogP contribution < -0.4 is 0 Å². The van der Waals surface area contributed by atoms with E-state index in [1.807, 2.05) is 18.2 Å². The molecule has 0 N–H and O–H groups in total. The van der Waals surface area contributed by atoms with E-state index in [0.717, 1.165) is 19.3 Å². The summed E-state index contributed by atoms with van der Waals surface area (Å²) in [5.41, 5.74) is 2.62. The van der Waals surface area contributed by atoms with Crippen LogP contribution in [0, 0.1) is 0 Å². The summed E-state index contributed by atoms with van der Waals surface area (Å²) >= 11 is 6.37. The van der Waals surface area contributed by atoms with Gasteiger partial charge in [-0.15, -0.1) is 11.6 Å². The molecule has 0 aliphatic heterocycles. The second-order valence-electron chi connectivity index (χ2n) is 4.26. The maximum atomic E-state index is 6.37. The Morgan fingerprint density at radius 2 is 1.41 bits per heavy atom. The zero-order valence-electron chi connectivity index (χ0n) is 9.85. The van der Waals surface area contributed by atoms with Gasteiger partial charge in [0.05, 0.1) is 5.38 Å². The second kappa shape index (κ2) is 6.46. The van der Waals surface area contributed by atoms with Crippen LogP contribution in [0.25, 0.3) is 0 Å². The van der Waals surface area contributed by atoms with Crippen LogP contribution in [0.4, 0.5) is 0 Å². The van der Waals surface area contributed by atoms with Crippen molar-refractivity contribution < 1.29 is 0 Å². The van der Waals surface area contributed by atoms with Gasteiger partial charge in [-0.05, 0) is 30.4 Å². The SMILES string of the molecule is Cl[C@H](CCCc1ccccc1)c1ccccc1. The highest BCUT2D eigenvalue weighted by atomic mass is 35.5. The van der Waals surface area contributed by atoms with Crippen LogP contribution in [0.2, 0.25) is 0 Å². The van der Waals surface area contributed by atoms with Gasteiger partial charge in [0.25, 0.3) is 0 Å². The fourth-order valence-corrected chi connectivity index (χ4v) is 2.26. The first-order valence-electron chi connectivity index (χ1n) is 6.09. The minimum atomic E-state index is 0.139. The highest BCUT2D eigenvalue weighted by Gasteiger charge is 2.06. The standard InChI is InChI=1S/C16H17Cl/c17-16(15-11-5-2-6-12-15)13-7-10-14-8-3-1-4-9-14/h1-6,8-9,11-12,16H,7,10,13H2/t16-/m1/s1. The van der Waals surface area contributed by atoms with Crippen molar-refractivity contribution in [3.05, 3.63) is 71.8 Å². The lowest BCUT2D eigenvalue weighted by Crippen LogP contribution is -1.92. The van der Waals surface area contributed by atoms with E-state index in [0.29, 0.717) is 0 Å². The summed E-state index contributed by atoms with van der Waals surface area (Å²) in [7, 11) is 0. The van der Waals surface area contributed by atoms with Gasteiger partial charge in [0.15, 0.2) is 0 Å². The Morgan fingerprint density at radius 1 is 0.824 bits per heavy atom. The van der Waals surface area contributed by atoms with Crippen molar-refractivity contribution in [2.45, 2.75) is 24.6 Å². The summed E-state index contributed by atoms with van der Waals surface area (Å²) in [4.78, 5) is 0. The molecule has 0 radical (unpaired) electrons. The molecule has 0 aliphatic carbocycles. The third-order valence-corrected chi connectivity index (χ3v) is 3.40. The Hall–Kier alpha value is -1.27. The molecule has 0 fully saturated rings. The van der Waals surface area contributed by atoms with Crippen LogP contribution in [0.15, 0.2) is 60.7 Å². The minimum absolute atomic E-state index is 0.139. The Labute approximate surface area is 108 Å². The number of aryl methyl sites for hydroxylation is 1. The van der Waals surface area contributed by atoms with Crippen molar-refractivity contribution in [1.82, 2.24) is 0 Å². The molecule has 0 aromatic heterocycles. The highest BCUT2D eigenvalue weighted by Crippen LogP contribution is 2.25. The summed E-state index contributed by atoms with van der Waals surface area (Å²) in [6.45, 7) is 0. The van der Waals surface area contributed by atoms with E-state index in [9.17, 15) is 0 Å². The zero-order chi connectivity index (χ0) is 11.9. The molecule has 0 nitrogen and oxygen atoms in total. The molecule has 0 spiro atoms. The molecule has 17 heavy (non-hydrogen) atoms. The van der Waals surface area contributed by atoms with Crippen molar-refractivity contribution in [2.24, 2.45) is 0 Å². The average molecular weight is 245 g/mol. The van der Waals surface area contributed by atoms with E-state index in [2.05, 4.69) is 42.5 Å². The highest BCUT2D eigenvalue weighted by molar-refractivity contribution is 6.20. The lowest BCUT2D eigenvalue weighted by Gasteiger charge is -2.09. The minimum Gasteiger partial charge on any atom is -0.118 e. The van der Waals surface area contributed by atoms with Crippen LogP contribution in [0.3, 0.4) is 0 Å². The molecular weight excluding hydrogens is 228 g/mol. The molecule has 2 rings (SSSR count). The van der Waals surface area contributed by atoms with Crippen LogP contribution in [-0.2, 0) is 6.42 Å². The van der Waals surface area contributed by atoms with Gasteiger partial charge in [0.2, 0.25) is 0 Å². The first kappa shape index (κ1) is 12.2. The van der Waals surface area contributed by atoms with Gasteiger partial charge in [-0.1, -0.05) is 60.7 Å². The Bertz CT molecular complexity index is 422. The molecular formula is C16H17Cl. The van der Waals surface area contributed by atoms with Gasteiger partial charge < -0.3 is 0 Å². The van der Waals surface area contributed by atoms with Gasteiger partial charge in [0.1, 0.15) is 0 Å². The maximum absolute atomic E-state index is 6.37. The molecule has 0 unspecified atom stereocenters. The Kier molecular flexibility index (Phi) is 4.63. The third kappa shape index (κ3) is 3.90. The number of benzene rings is 2. The molecule has 0 heterocycles. The first-order valence-corrected chi connectivity index (χ1v) is 6.53. The molecule has 0 saturated heterocycles. The Morgan fingerprint density at radius 3 is 2.06 bits per heavy atom. The van der Waals surface area contributed by atoms with Crippen LogP contribution in [0.5, 0.6) is 0 Å². The van der Waals surface area contributed by atoms with E-state index in [-0.39, 0.29) is 5.38 Å². The number of rotatable bonds is 5. The normalized spacial score (nSPS) is 12.3. The average Bonchev–Trinajstić information content (AvgIpc) is 2.41. The lowest BCUT2D eigenvalue weighted by atomic mass is 10.0. The van der Waals surface area contributed by atoms with Crippen molar-refractivity contribution in [3.63, 3.8) is 0 Å². The topological polar surface area (TPSA) is 0 Å². The first-order chi connectivity index (χ1) is 8.36. The van der Waals surface area contributed by atoms with E-state index in [1.54, 1.807) is 0 Å². The van der Waals surface area contributed by atoms with Crippen molar-refractivity contribution in [1.29, 1.82) is 0 Å². The lowest BCUT2D eigenvalue weighted by molar-refractivity contribution is 0.716. The largest absolute Gasteiger partial charge is 0.118 e. The smallest absolute Gasteiger partial charge is 0.0585 e. The quantitative estimate of drug-likeness (QED) is 0.650. The number of hydrogen-bond donors (Lipinski definition) is 0. The van der Waals surface area contributed by atoms with Gasteiger partial charge in [-0.3, -0.25) is 0 Å². The summed E-state index contributed by atoms with van der Waals surface area (Å²) in [5.74, 6) is 0. The summed E-state index contributed by atoms with van der Waals surface area (Å²) in [5, 5.41) is 0.139. The van der Waals surface area contributed by atoms with Crippen LogP contribution in [-0.4, -0.2) is 0 Å². The summed E-state index contributed by atoms with van der Waals surface area (Å²) in [6, 6.07) is 20.9. The van der Waals surface area contributed by atoms with Crippen LogP contribution >= 0.6 is 11.6 Å². The summed E-state index contributed by atoms with van der Waals surface area (Å²) < 4.78 is 0. The predicted octanol–water partition coefficient (Wildman–Crippen LogP) is 4.99. The van der Waals surface area contributed by atoms with Gasteiger partial charge in [-0.25, -0.2) is 0 Å². The second-order valence-corrected chi connectivity index (χ2v) is 4.78. The molecule has 0 saturated carbocycles. The van der Waals surface area contributed by atoms with E-state index in [1.165, 1.54) is 11.1 Å². The molecule has 2 aromatic carbocycles. The molecule has 2 aromatic rings. The third-order valence-electron chi connectivity index (χ3n) is 2.93. The van der Waals surface area contributed by atoms with Gasteiger partial charge in [0, 0.05) is 0 Å². The van der Waals surface area contributed by atoms with E-state index in [4.69, 9.17) is 11.6 Å². The molecule has 1 heteroatoms. The van der Waals surface area contributed by atoms with Crippen LogP contribution in [0.1, 0.15) is 29.3 Å². The fourth-order valence-electron chi connectivity index (χ4n) is 1.96. The maximum Gasteiger partial charge on any atom is 0.0585 e. The number of halogens is 1.